The van der Waals surface area contributed by atoms with Crippen molar-refractivity contribution in [1.29, 1.82) is 0 Å². The average Bonchev–Trinajstić information content (AvgIpc) is 2.54. The molecule has 0 bridgehead atoms. The van der Waals surface area contributed by atoms with Gasteiger partial charge in [-0.15, -0.1) is 0 Å². The van der Waals surface area contributed by atoms with E-state index in [1.54, 1.807) is 19.1 Å². The van der Waals surface area contributed by atoms with Crippen molar-refractivity contribution in [3.8, 4) is 5.75 Å². The molecule has 0 aliphatic rings. The van der Waals surface area contributed by atoms with Crippen molar-refractivity contribution in [3.63, 3.8) is 0 Å². The molecule has 1 amide bonds. The summed E-state index contributed by atoms with van der Waals surface area (Å²) in [5, 5.41) is 0. The Morgan fingerprint density at radius 1 is 1.12 bits per heavy atom. The van der Waals surface area contributed by atoms with Crippen LogP contribution in [0.2, 0.25) is 0 Å². The van der Waals surface area contributed by atoms with Crippen molar-refractivity contribution in [3.05, 3.63) is 29.8 Å². The second-order valence-electron chi connectivity index (χ2n) is 6.98. The summed E-state index contributed by atoms with van der Waals surface area (Å²) >= 11 is 0. The Morgan fingerprint density at radius 2 is 1.69 bits per heavy atom. The van der Waals surface area contributed by atoms with Gasteiger partial charge in [0.1, 0.15) is 11.9 Å². The van der Waals surface area contributed by atoms with Gasteiger partial charge >= 0.3 is 12.2 Å². The third-order valence-corrected chi connectivity index (χ3v) is 3.53. The summed E-state index contributed by atoms with van der Waals surface area (Å²) in [5.41, 5.74) is 6.01. The minimum absolute atomic E-state index is 0.0486. The van der Waals surface area contributed by atoms with E-state index in [1.807, 2.05) is 26.0 Å². The molecule has 0 fully saturated rings. The monoisotopic (exact) mass is 367 g/mol. The van der Waals surface area contributed by atoms with Gasteiger partial charge in [0.25, 0.3) is 0 Å². The van der Waals surface area contributed by atoms with Crippen LogP contribution in [-0.4, -0.2) is 25.0 Å². The van der Waals surface area contributed by atoms with Gasteiger partial charge in [0.05, 0.1) is 6.61 Å². The average molecular weight is 367 g/mol. The van der Waals surface area contributed by atoms with Crippen LogP contribution in [0.15, 0.2) is 24.3 Å². The molecule has 6 heteroatoms. The minimum atomic E-state index is -0.695. The zero-order chi connectivity index (χ0) is 20.2. The third kappa shape index (κ3) is 11.3. The smallest absolute Gasteiger partial charge is 0.447 e. The second kappa shape index (κ2) is 12.2. The molecule has 0 aliphatic heterocycles. The Hall–Kier alpha value is -2.24. The normalized spacial score (nSPS) is 11.6. The quantitative estimate of drug-likeness (QED) is 0.425. The number of amides is 1. The molecule has 26 heavy (non-hydrogen) atoms. The summed E-state index contributed by atoms with van der Waals surface area (Å²) in [5.74, 6) is 0.518. The Bertz CT molecular complexity index is 534. The molecule has 0 saturated carbocycles. The number of carbonyl (C=O) groups is 2. The largest absolute Gasteiger partial charge is 0.513 e. The molecule has 6 nitrogen and oxygen atoms in total. The van der Waals surface area contributed by atoms with Gasteiger partial charge in [-0.2, -0.15) is 0 Å². The standard InChI is InChI=1S/C15H22O3.C5H11NO2/c1-5-6-11-17-14(16)18-13-9-7-12(8-10-13)15(2,3)4;1-3-4(2)8-5(6)7/h7-10H,5-6,11H2,1-4H3;4H,3H2,1-2H3,(H2,6,7). The van der Waals surface area contributed by atoms with E-state index in [1.165, 1.54) is 5.56 Å². The van der Waals surface area contributed by atoms with Gasteiger partial charge in [0.15, 0.2) is 0 Å². The fourth-order valence-electron chi connectivity index (χ4n) is 1.73. The number of ether oxygens (including phenoxy) is 3. The lowest BCUT2D eigenvalue weighted by Gasteiger charge is -2.18. The fraction of sp³-hybridized carbons (Fsp3) is 0.600. The molecule has 1 unspecified atom stereocenters. The molecule has 0 saturated heterocycles. The predicted octanol–water partition coefficient (Wildman–Crippen LogP) is 5.18. The molecule has 0 aromatic heterocycles. The zero-order valence-corrected chi connectivity index (χ0v) is 16.8. The number of primary amides is 1. The maximum absolute atomic E-state index is 11.3. The maximum Gasteiger partial charge on any atom is 0.513 e. The molecule has 1 aromatic carbocycles. The van der Waals surface area contributed by atoms with Crippen LogP contribution in [0.5, 0.6) is 5.75 Å². The number of carbonyl (C=O) groups excluding carboxylic acids is 2. The van der Waals surface area contributed by atoms with E-state index in [4.69, 9.17) is 15.2 Å². The number of hydrogen-bond acceptors (Lipinski definition) is 5. The highest BCUT2D eigenvalue weighted by Gasteiger charge is 2.13. The van der Waals surface area contributed by atoms with E-state index < -0.39 is 12.2 Å². The molecule has 0 heterocycles. The first-order valence-electron chi connectivity index (χ1n) is 9.01. The van der Waals surface area contributed by atoms with Gasteiger partial charge in [-0.25, -0.2) is 9.59 Å². The molecular formula is C20H33NO5. The number of benzene rings is 1. The number of hydrogen-bond donors (Lipinski definition) is 1. The maximum atomic E-state index is 11.3. The van der Waals surface area contributed by atoms with Crippen molar-refractivity contribution < 1.29 is 23.8 Å². The zero-order valence-electron chi connectivity index (χ0n) is 16.8. The Kier molecular flexibility index (Phi) is 11.1. The molecular weight excluding hydrogens is 334 g/mol. The highest BCUT2D eigenvalue weighted by Crippen LogP contribution is 2.24. The lowest BCUT2D eigenvalue weighted by molar-refractivity contribution is 0.0977. The predicted molar refractivity (Wildman–Crippen MR) is 102 cm³/mol. The van der Waals surface area contributed by atoms with E-state index >= 15 is 0 Å². The van der Waals surface area contributed by atoms with Crippen LogP contribution in [0.4, 0.5) is 9.59 Å². The Labute approximate surface area is 157 Å². The molecule has 148 valence electrons. The van der Waals surface area contributed by atoms with E-state index in [0.717, 1.165) is 19.3 Å². The number of unbranched alkanes of at least 4 members (excludes halogenated alkanes) is 1. The van der Waals surface area contributed by atoms with Crippen LogP contribution in [0.1, 0.15) is 66.4 Å². The van der Waals surface area contributed by atoms with Gasteiger partial charge in [-0.05, 0) is 42.9 Å². The van der Waals surface area contributed by atoms with E-state index in [2.05, 4.69) is 25.5 Å². The van der Waals surface area contributed by atoms with Crippen LogP contribution in [-0.2, 0) is 14.9 Å². The van der Waals surface area contributed by atoms with Crippen LogP contribution in [0.25, 0.3) is 0 Å². The van der Waals surface area contributed by atoms with Crippen LogP contribution in [0.3, 0.4) is 0 Å². The number of rotatable bonds is 6. The van der Waals surface area contributed by atoms with Crippen molar-refractivity contribution in [1.82, 2.24) is 0 Å². The Morgan fingerprint density at radius 3 is 2.08 bits per heavy atom. The summed E-state index contributed by atoms with van der Waals surface area (Å²) in [6.07, 6.45) is 1.29. The van der Waals surface area contributed by atoms with Gasteiger partial charge in [0.2, 0.25) is 0 Å². The molecule has 0 aliphatic carbocycles. The van der Waals surface area contributed by atoms with Gasteiger partial charge in [0, 0.05) is 0 Å². The summed E-state index contributed by atoms with van der Waals surface area (Å²) < 4.78 is 14.5. The molecule has 0 radical (unpaired) electrons. The summed E-state index contributed by atoms with van der Waals surface area (Å²) in [7, 11) is 0. The highest BCUT2D eigenvalue weighted by molar-refractivity contribution is 5.64. The van der Waals surface area contributed by atoms with Crippen LogP contribution < -0.4 is 10.5 Å². The molecule has 1 aromatic rings. The number of nitrogens with two attached hydrogens (primary N) is 1. The van der Waals surface area contributed by atoms with Crippen molar-refractivity contribution >= 4 is 12.2 Å². The van der Waals surface area contributed by atoms with Gasteiger partial charge in [-0.1, -0.05) is 53.2 Å². The SMILES string of the molecule is CCC(C)OC(N)=O.CCCCOC(=O)Oc1ccc(C(C)(C)C)cc1. The first-order chi connectivity index (χ1) is 12.1. The van der Waals surface area contributed by atoms with Crippen molar-refractivity contribution in [2.24, 2.45) is 5.73 Å². The molecule has 2 N–H and O–H groups in total. The van der Waals surface area contributed by atoms with E-state index in [9.17, 15) is 9.59 Å². The van der Waals surface area contributed by atoms with Crippen LogP contribution in [0, 0.1) is 0 Å². The van der Waals surface area contributed by atoms with Crippen molar-refractivity contribution in [2.45, 2.75) is 72.3 Å². The van der Waals surface area contributed by atoms with Gasteiger partial charge < -0.3 is 19.9 Å². The third-order valence-electron chi connectivity index (χ3n) is 3.53. The lowest BCUT2D eigenvalue weighted by Crippen LogP contribution is -2.19. The molecule has 1 atom stereocenters. The molecule has 0 spiro atoms. The summed E-state index contributed by atoms with van der Waals surface area (Å²) in [6, 6.07) is 7.52. The highest BCUT2D eigenvalue weighted by atomic mass is 16.7. The Balaban J connectivity index is 0.000000660. The van der Waals surface area contributed by atoms with E-state index in [-0.39, 0.29) is 11.5 Å². The lowest BCUT2D eigenvalue weighted by atomic mass is 9.87. The summed E-state index contributed by atoms with van der Waals surface area (Å²) in [6.45, 7) is 12.6. The summed E-state index contributed by atoms with van der Waals surface area (Å²) in [4.78, 5) is 21.3. The van der Waals surface area contributed by atoms with Crippen molar-refractivity contribution in [2.75, 3.05) is 6.61 Å². The van der Waals surface area contributed by atoms with Gasteiger partial charge in [-0.3, -0.25) is 0 Å². The van der Waals surface area contributed by atoms with Crippen LogP contribution >= 0.6 is 0 Å². The topological polar surface area (TPSA) is 87.9 Å². The minimum Gasteiger partial charge on any atom is -0.447 e. The second-order valence-corrected chi connectivity index (χ2v) is 6.98. The first-order valence-corrected chi connectivity index (χ1v) is 9.01. The fourth-order valence-corrected chi connectivity index (χ4v) is 1.73. The first kappa shape index (κ1) is 23.8. The molecule has 1 rings (SSSR count). The van der Waals surface area contributed by atoms with E-state index in [0.29, 0.717) is 12.4 Å².